The molecule has 2 rings (SSSR count). The van der Waals surface area contributed by atoms with Gasteiger partial charge in [-0.05, 0) is 57.9 Å². The summed E-state index contributed by atoms with van der Waals surface area (Å²) in [6.45, 7) is 0. The number of carbonyl (C=O) groups is 1. The lowest BCUT2D eigenvalue weighted by atomic mass is 10.0. The molecule has 0 aliphatic rings. The summed E-state index contributed by atoms with van der Waals surface area (Å²) in [5.41, 5.74) is 1.50. The van der Waals surface area contributed by atoms with Crippen LogP contribution in [0, 0.1) is 0 Å². The van der Waals surface area contributed by atoms with Crippen molar-refractivity contribution in [2.75, 3.05) is 7.11 Å². The van der Waals surface area contributed by atoms with Crippen LogP contribution in [0.1, 0.15) is 15.9 Å². The number of hydrogen-bond donors (Lipinski definition) is 0. The summed E-state index contributed by atoms with van der Waals surface area (Å²) in [6, 6.07) is 10.7. The molecule has 2 aromatic carbocycles. The van der Waals surface area contributed by atoms with Gasteiger partial charge in [0.15, 0.2) is 5.78 Å². The van der Waals surface area contributed by atoms with Crippen LogP contribution >= 0.6 is 43.5 Å². The molecule has 2 aromatic rings. The minimum atomic E-state index is 0.0162. The quantitative estimate of drug-likeness (QED) is 0.630. The summed E-state index contributed by atoms with van der Waals surface area (Å²) in [7, 11) is 1.60. The number of Topliss-reactive ketones (excluding diaryl/α,β-unsaturated/α-hetero) is 1. The number of hydrogen-bond acceptors (Lipinski definition) is 2. The molecule has 0 radical (unpaired) electrons. The number of ketones is 1. The van der Waals surface area contributed by atoms with Crippen molar-refractivity contribution >= 4 is 49.2 Å². The number of carbonyl (C=O) groups excluding carboxylic acids is 1. The van der Waals surface area contributed by atoms with Crippen molar-refractivity contribution in [1.82, 2.24) is 0 Å². The zero-order chi connectivity index (χ0) is 14.7. The van der Waals surface area contributed by atoms with Crippen LogP contribution in [0.25, 0.3) is 0 Å². The Bertz CT molecular complexity index is 656. The molecule has 2 nitrogen and oxygen atoms in total. The van der Waals surface area contributed by atoms with Gasteiger partial charge in [-0.1, -0.05) is 27.5 Å². The molecular formula is C15H11Br2ClO2. The Morgan fingerprint density at radius 2 is 1.90 bits per heavy atom. The van der Waals surface area contributed by atoms with E-state index in [9.17, 15) is 4.79 Å². The highest BCUT2D eigenvalue weighted by molar-refractivity contribution is 9.10. The Morgan fingerprint density at radius 3 is 2.55 bits per heavy atom. The lowest BCUT2D eigenvalue weighted by Crippen LogP contribution is -2.05. The third-order valence-corrected chi connectivity index (χ3v) is 4.50. The minimum Gasteiger partial charge on any atom is -0.497 e. The van der Waals surface area contributed by atoms with E-state index in [4.69, 9.17) is 16.3 Å². The highest BCUT2D eigenvalue weighted by atomic mass is 79.9. The van der Waals surface area contributed by atoms with Gasteiger partial charge in [0.25, 0.3) is 0 Å². The highest BCUT2D eigenvalue weighted by Crippen LogP contribution is 2.26. The number of benzene rings is 2. The van der Waals surface area contributed by atoms with Crippen LogP contribution in [-0.4, -0.2) is 12.9 Å². The molecule has 0 N–H and O–H groups in total. The van der Waals surface area contributed by atoms with Gasteiger partial charge in [0.05, 0.1) is 7.11 Å². The Morgan fingerprint density at radius 1 is 1.15 bits per heavy atom. The van der Waals surface area contributed by atoms with Crippen molar-refractivity contribution in [2.24, 2.45) is 0 Å². The smallest absolute Gasteiger partial charge is 0.168 e. The summed E-state index contributed by atoms with van der Waals surface area (Å²) in [5, 5.41) is 0.594. The first-order valence-electron chi connectivity index (χ1n) is 5.82. The standard InChI is InChI=1S/C15H11Br2ClO2/c1-20-11-3-5-13(16)9(6-11)7-15(19)12-4-2-10(18)8-14(12)17/h2-6,8H,7H2,1H3. The summed E-state index contributed by atoms with van der Waals surface area (Å²) < 4.78 is 6.77. The zero-order valence-corrected chi connectivity index (χ0v) is 14.5. The van der Waals surface area contributed by atoms with Gasteiger partial charge in [-0.15, -0.1) is 0 Å². The van der Waals surface area contributed by atoms with Crippen LogP contribution in [0.3, 0.4) is 0 Å². The molecule has 0 spiro atoms. The molecule has 0 bridgehead atoms. The topological polar surface area (TPSA) is 26.3 Å². The molecule has 0 saturated carbocycles. The molecule has 0 aliphatic carbocycles. The van der Waals surface area contributed by atoms with E-state index in [1.807, 2.05) is 18.2 Å². The molecule has 5 heteroatoms. The fraction of sp³-hybridized carbons (Fsp3) is 0.133. The predicted octanol–water partition coefficient (Wildman–Crippen LogP) is 5.30. The van der Waals surface area contributed by atoms with E-state index in [0.717, 1.165) is 15.8 Å². The average Bonchev–Trinajstić information content (AvgIpc) is 2.41. The second-order valence-electron chi connectivity index (χ2n) is 4.18. The van der Waals surface area contributed by atoms with Crippen LogP contribution in [0.2, 0.25) is 5.02 Å². The number of ether oxygens (including phenoxy) is 1. The third-order valence-electron chi connectivity index (χ3n) is 2.84. The third kappa shape index (κ3) is 3.62. The van der Waals surface area contributed by atoms with Gasteiger partial charge < -0.3 is 4.74 Å². The Labute approximate surface area is 139 Å². The zero-order valence-electron chi connectivity index (χ0n) is 10.6. The summed E-state index contributed by atoms with van der Waals surface area (Å²) in [4.78, 5) is 12.4. The largest absolute Gasteiger partial charge is 0.497 e. The number of halogens is 3. The number of rotatable bonds is 4. The van der Waals surface area contributed by atoms with Gasteiger partial charge in [-0.25, -0.2) is 0 Å². The van der Waals surface area contributed by atoms with E-state index in [1.54, 1.807) is 25.3 Å². The summed E-state index contributed by atoms with van der Waals surface area (Å²) >= 11 is 12.7. The molecule has 104 valence electrons. The van der Waals surface area contributed by atoms with Gasteiger partial charge in [0.2, 0.25) is 0 Å². The van der Waals surface area contributed by atoms with Crippen molar-refractivity contribution in [3.8, 4) is 5.75 Å². The van der Waals surface area contributed by atoms with Gasteiger partial charge >= 0.3 is 0 Å². The van der Waals surface area contributed by atoms with Crippen LogP contribution in [0.4, 0.5) is 0 Å². The van der Waals surface area contributed by atoms with Crippen LogP contribution in [0.15, 0.2) is 45.3 Å². The van der Waals surface area contributed by atoms with Crippen LogP contribution < -0.4 is 4.74 Å². The first kappa shape index (κ1) is 15.5. The monoisotopic (exact) mass is 416 g/mol. The highest BCUT2D eigenvalue weighted by Gasteiger charge is 2.13. The fourth-order valence-electron chi connectivity index (χ4n) is 1.80. The van der Waals surface area contributed by atoms with Crippen molar-refractivity contribution in [2.45, 2.75) is 6.42 Å². The molecular weight excluding hydrogens is 407 g/mol. The first-order chi connectivity index (χ1) is 9.51. The lowest BCUT2D eigenvalue weighted by molar-refractivity contribution is 0.0992. The molecule has 20 heavy (non-hydrogen) atoms. The average molecular weight is 419 g/mol. The van der Waals surface area contributed by atoms with Gasteiger partial charge in [-0.2, -0.15) is 0 Å². The van der Waals surface area contributed by atoms with Crippen molar-refractivity contribution < 1.29 is 9.53 Å². The second-order valence-corrected chi connectivity index (χ2v) is 6.33. The lowest BCUT2D eigenvalue weighted by Gasteiger charge is -2.08. The Balaban J connectivity index is 2.27. The second kappa shape index (κ2) is 6.74. The maximum Gasteiger partial charge on any atom is 0.168 e. The Kier molecular flexibility index (Phi) is 5.24. The van der Waals surface area contributed by atoms with E-state index in [0.29, 0.717) is 15.1 Å². The molecule has 0 fully saturated rings. The van der Waals surface area contributed by atoms with E-state index in [1.165, 1.54) is 0 Å². The van der Waals surface area contributed by atoms with Crippen molar-refractivity contribution in [3.63, 3.8) is 0 Å². The fourth-order valence-corrected chi connectivity index (χ4v) is 3.09. The normalized spacial score (nSPS) is 10.4. The van der Waals surface area contributed by atoms with Crippen LogP contribution in [-0.2, 0) is 6.42 Å². The first-order valence-corrected chi connectivity index (χ1v) is 7.78. The van der Waals surface area contributed by atoms with Gasteiger partial charge in [0, 0.05) is 26.0 Å². The van der Waals surface area contributed by atoms with Gasteiger partial charge in [-0.3, -0.25) is 4.79 Å². The van der Waals surface area contributed by atoms with Crippen LogP contribution in [0.5, 0.6) is 5.75 Å². The number of methoxy groups -OCH3 is 1. The van der Waals surface area contributed by atoms with E-state index >= 15 is 0 Å². The Hall–Kier alpha value is -0.840. The molecule has 0 unspecified atom stereocenters. The molecule has 0 aliphatic heterocycles. The summed E-state index contributed by atoms with van der Waals surface area (Å²) in [5.74, 6) is 0.744. The van der Waals surface area contributed by atoms with Gasteiger partial charge in [0.1, 0.15) is 5.75 Å². The molecule has 0 amide bonds. The SMILES string of the molecule is COc1ccc(Br)c(CC(=O)c2ccc(Cl)cc2Br)c1. The molecule has 0 atom stereocenters. The van der Waals surface area contributed by atoms with E-state index in [2.05, 4.69) is 31.9 Å². The maximum absolute atomic E-state index is 12.4. The van der Waals surface area contributed by atoms with E-state index in [-0.39, 0.29) is 12.2 Å². The predicted molar refractivity (Wildman–Crippen MR) is 87.9 cm³/mol. The van der Waals surface area contributed by atoms with E-state index < -0.39 is 0 Å². The summed E-state index contributed by atoms with van der Waals surface area (Å²) in [6.07, 6.45) is 0.290. The molecule has 0 aromatic heterocycles. The van der Waals surface area contributed by atoms with Crippen molar-refractivity contribution in [1.29, 1.82) is 0 Å². The molecule has 0 saturated heterocycles. The molecule has 0 heterocycles. The minimum absolute atomic E-state index is 0.0162. The maximum atomic E-state index is 12.4. The van der Waals surface area contributed by atoms with Crippen molar-refractivity contribution in [3.05, 3.63) is 61.5 Å².